The molecule has 1 aliphatic heterocycles. The first-order valence-corrected chi connectivity index (χ1v) is 8.87. The van der Waals surface area contributed by atoms with Gasteiger partial charge in [-0.3, -0.25) is 0 Å². The molecule has 7 nitrogen and oxygen atoms in total. The molecule has 0 spiro atoms. The molecule has 3 aromatic rings. The van der Waals surface area contributed by atoms with Crippen molar-refractivity contribution in [2.24, 2.45) is 5.16 Å². The number of halogens is 3. The summed E-state index contributed by atoms with van der Waals surface area (Å²) in [4.78, 5) is 8.94. The summed E-state index contributed by atoms with van der Waals surface area (Å²) in [7, 11) is 2.77. The van der Waals surface area contributed by atoms with Gasteiger partial charge in [-0.25, -0.2) is 9.67 Å². The summed E-state index contributed by atoms with van der Waals surface area (Å²) in [5.74, 6) is 0.495. The van der Waals surface area contributed by atoms with Crippen molar-refractivity contribution in [2.45, 2.75) is 18.2 Å². The fourth-order valence-electron chi connectivity index (χ4n) is 3.29. The highest BCUT2D eigenvalue weighted by molar-refractivity contribution is 6.02. The molecule has 0 saturated carbocycles. The zero-order chi connectivity index (χ0) is 21.4. The fourth-order valence-corrected chi connectivity index (χ4v) is 3.29. The highest BCUT2D eigenvalue weighted by Crippen LogP contribution is 2.50. The zero-order valence-electron chi connectivity index (χ0n) is 16.1. The highest BCUT2D eigenvalue weighted by Gasteiger charge is 2.62. The molecule has 1 unspecified atom stereocenters. The van der Waals surface area contributed by atoms with Gasteiger partial charge in [-0.05, 0) is 29.8 Å². The van der Waals surface area contributed by atoms with E-state index in [2.05, 4.69) is 15.2 Å². The van der Waals surface area contributed by atoms with Crippen LogP contribution in [0, 0.1) is 0 Å². The minimum absolute atomic E-state index is 0.120. The standard InChI is InChI=1S/C20H17F3N4O3/c1-28-17-8-5-14(9-18(17)29-2)19(20(21,22)23)10-16(26-30-19)13-3-6-15(7-4-13)27-12-24-11-25-27/h3-9,11-12H,10H2,1-2H3. The van der Waals surface area contributed by atoms with Gasteiger partial charge in [-0.15, -0.1) is 0 Å². The summed E-state index contributed by atoms with van der Waals surface area (Å²) < 4.78 is 54.3. The van der Waals surface area contributed by atoms with Crippen LogP contribution >= 0.6 is 0 Å². The summed E-state index contributed by atoms with van der Waals surface area (Å²) in [6.07, 6.45) is -2.27. The summed E-state index contributed by atoms with van der Waals surface area (Å²) >= 11 is 0. The number of benzene rings is 2. The van der Waals surface area contributed by atoms with Crippen LogP contribution in [0.4, 0.5) is 13.2 Å². The Kier molecular flexibility index (Phi) is 4.84. The van der Waals surface area contributed by atoms with Gasteiger partial charge >= 0.3 is 6.18 Å². The average molecular weight is 418 g/mol. The Morgan fingerprint density at radius 3 is 2.37 bits per heavy atom. The minimum Gasteiger partial charge on any atom is -0.493 e. The van der Waals surface area contributed by atoms with Crippen LogP contribution in [-0.2, 0) is 10.4 Å². The van der Waals surface area contributed by atoms with Crippen molar-refractivity contribution < 1.29 is 27.5 Å². The first-order chi connectivity index (χ1) is 14.4. The molecule has 0 fully saturated rings. The summed E-state index contributed by atoms with van der Waals surface area (Å²) in [5.41, 5.74) is -1.31. The lowest BCUT2D eigenvalue weighted by molar-refractivity contribution is -0.275. The fraction of sp³-hybridized carbons (Fsp3) is 0.250. The normalized spacial score (nSPS) is 18.6. The van der Waals surface area contributed by atoms with E-state index in [0.29, 0.717) is 11.3 Å². The van der Waals surface area contributed by atoms with Crippen molar-refractivity contribution in [3.63, 3.8) is 0 Å². The summed E-state index contributed by atoms with van der Waals surface area (Å²) in [6.45, 7) is 0. The van der Waals surface area contributed by atoms with E-state index in [0.717, 1.165) is 5.69 Å². The molecule has 2 heterocycles. The molecule has 0 aliphatic carbocycles. The van der Waals surface area contributed by atoms with Crippen LogP contribution in [-0.4, -0.2) is 40.9 Å². The van der Waals surface area contributed by atoms with Crippen molar-refractivity contribution >= 4 is 5.71 Å². The van der Waals surface area contributed by atoms with E-state index >= 15 is 0 Å². The molecule has 0 radical (unpaired) electrons. The van der Waals surface area contributed by atoms with E-state index in [9.17, 15) is 13.2 Å². The molecule has 0 N–H and O–H groups in total. The van der Waals surface area contributed by atoms with Gasteiger partial charge in [-0.2, -0.15) is 18.3 Å². The van der Waals surface area contributed by atoms with Crippen LogP contribution < -0.4 is 9.47 Å². The van der Waals surface area contributed by atoms with Gasteiger partial charge < -0.3 is 14.3 Å². The third kappa shape index (κ3) is 3.23. The van der Waals surface area contributed by atoms with Gasteiger partial charge in [0.2, 0.25) is 0 Å². The Morgan fingerprint density at radius 2 is 1.77 bits per heavy atom. The lowest BCUT2D eigenvalue weighted by Crippen LogP contribution is -2.42. The van der Waals surface area contributed by atoms with E-state index in [1.165, 1.54) is 45.1 Å². The van der Waals surface area contributed by atoms with E-state index < -0.39 is 18.2 Å². The second-order valence-corrected chi connectivity index (χ2v) is 6.59. The number of ether oxygens (including phenoxy) is 2. The predicted octanol–water partition coefficient (Wildman–Crippen LogP) is 3.87. The number of rotatable bonds is 5. The molecular weight excluding hydrogens is 401 g/mol. The third-order valence-corrected chi connectivity index (χ3v) is 4.92. The van der Waals surface area contributed by atoms with Gasteiger partial charge in [0.1, 0.15) is 12.7 Å². The Bertz CT molecular complexity index is 1070. The lowest BCUT2D eigenvalue weighted by atomic mass is 9.86. The van der Waals surface area contributed by atoms with Gasteiger partial charge in [0.15, 0.2) is 11.5 Å². The molecule has 0 bridgehead atoms. The Morgan fingerprint density at radius 1 is 1.03 bits per heavy atom. The SMILES string of the molecule is COc1ccc(C2(C(F)(F)F)CC(c3ccc(-n4cncn4)cc3)=NO2)cc1OC. The lowest BCUT2D eigenvalue weighted by Gasteiger charge is -2.30. The average Bonchev–Trinajstić information content (AvgIpc) is 3.44. The van der Waals surface area contributed by atoms with Crippen molar-refractivity contribution in [2.75, 3.05) is 14.2 Å². The first-order valence-electron chi connectivity index (χ1n) is 8.87. The smallest absolute Gasteiger partial charge is 0.435 e. The maximum atomic E-state index is 14.2. The van der Waals surface area contributed by atoms with Crippen LogP contribution in [0.2, 0.25) is 0 Å². The van der Waals surface area contributed by atoms with Crippen LogP contribution in [0.1, 0.15) is 17.5 Å². The zero-order valence-corrected chi connectivity index (χ0v) is 16.1. The third-order valence-electron chi connectivity index (χ3n) is 4.92. The quantitative estimate of drug-likeness (QED) is 0.629. The van der Waals surface area contributed by atoms with E-state index in [1.807, 2.05) is 0 Å². The second-order valence-electron chi connectivity index (χ2n) is 6.59. The molecule has 0 saturated heterocycles. The van der Waals surface area contributed by atoms with Gasteiger partial charge in [0.25, 0.3) is 5.60 Å². The van der Waals surface area contributed by atoms with Crippen molar-refractivity contribution in [3.05, 3.63) is 66.2 Å². The van der Waals surface area contributed by atoms with Crippen molar-refractivity contribution in [3.8, 4) is 17.2 Å². The van der Waals surface area contributed by atoms with Gasteiger partial charge in [0.05, 0.1) is 25.6 Å². The first kappa shape index (κ1) is 19.7. The molecule has 30 heavy (non-hydrogen) atoms. The van der Waals surface area contributed by atoms with E-state index in [-0.39, 0.29) is 17.0 Å². The number of hydrogen-bond donors (Lipinski definition) is 0. The van der Waals surface area contributed by atoms with Crippen molar-refractivity contribution in [1.82, 2.24) is 14.8 Å². The Hall–Kier alpha value is -3.56. The number of hydrogen-bond acceptors (Lipinski definition) is 6. The van der Waals surface area contributed by atoms with Crippen LogP contribution in [0.25, 0.3) is 5.69 Å². The summed E-state index contributed by atoms with van der Waals surface area (Å²) in [5, 5.41) is 7.80. The number of methoxy groups -OCH3 is 2. The monoisotopic (exact) mass is 418 g/mol. The van der Waals surface area contributed by atoms with Crippen molar-refractivity contribution in [1.29, 1.82) is 0 Å². The molecular formula is C20H17F3N4O3. The van der Waals surface area contributed by atoms with E-state index in [1.54, 1.807) is 28.9 Å². The molecule has 1 aliphatic rings. The van der Waals surface area contributed by atoms with Gasteiger partial charge in [-0.1, -0.05) is 23.4 Å². The molecule has 4 rings (SSSR count). The Balaban J connectivity index is 1.66. The largest absolute Gasteiger partial charge is 0.493 e. The topological polar surface area (TPSA) is 70.8 Å². The predicted molar refractivity (Wildman–Crippen MR) is 101 cm³/mol. The minimum atomic E-state index is -4.71. The molecule has 10 heteroatoms. The van der Waals surface area contributed by atoms with Gasteiger partial charge in [0, 0.05) is 12.0 Å². The number of nitrogens with zero attached hydrogens (tertiary/aromatic N) is 4. The molecule has 156 valence electrons. The van der Waals surface area contributed by atoms with E-state index in [4.69, 9.17) is 14.3 Å². The number of oxime groups is 1. The molecule has 2 aromatic carbocycles. The molecule has 1 atom stereocenters. The maximum absolute atomic E-state index is 14.2. The van der Waals surface area contributed by atoms with Crippen LogP contribution in [0.15, 0.2) is 60.3 Å². The number of aromatic nitrogens is 3. The molecule has 1 aromatic heterocycles. The molecule has 0 amide bonds. The number of alkyl halides is 3. The summed E-state index contributed by atoms with van der Waals surface area (Å²) in [6, 6.07) is 10.8. The maximum Gasteiger partial charge on any atom is 0.435 e. The Labute approximate surface area is 169 Å². The van der Waals surface area contributed by atoms with Crippen LogP contribution in [0.3, 0.4) is 0 Å². The second kappa shape index (κ2) is 7.36. The van der Waals surface area contributed by atoms with Crippen LogP contribution in [0.5, 0.6) is 11.5 Å². The highest BCUT2D eigenvalue weighted by atomic mass is 19.4.